The highest BCUT2D eigenvalue weighted by Gasteiger charge is 2.22. The number of aromatic amines is 1. The molecule has 172 valence electrons. The van der Waals surface area contributed by atoms with E-state index in [4.69, 9.17) is 4.98 Å². The van der Waals surface area contributed by atoms with Crippen molar-refractivity contribution < 1.29 is 9.90 Å². The van der Waals surface area contributed by atoms with Gasteiger partial charge >= 0.3 is 5.97 Å². The molecule has 0 saturated heterocycles. The number of aromatic carboxylic acids is 1. The average Bonchev–Trinajstić information content (AvgIpc) is 3.57. The monoisotopic (exact) mass is 490 g/mol. The van der Waals surface area contributed by atoms with E-state index in [9.17, 15) is 9.90 Å². The molecule has 34 heavy (non-hydrogen) atoms. The lowest BCUT2D eigenvalue weighted by Crippen LogP contribution is -2.05. The van der Waals surface area contributed by atoms with Gasteiger partial charge in [0, 0.05) is 17.0 Å². The van der Waals surface area contributed by atoms with E-state index in [0.717, 1.165) is 49.9 Å². The highest BCUT2D eigenvalue weighted by molar-refractivity contribution is 7.99. The number of nitrogens with zero attached hydrogens (tertiary/aromatic N) is 5. The Morgan fingerprint density at radius 1 is 1.15 bits per heavy atom. The van der Waals surface area contributed by atoms with Gasteiger partial charge in [0.05, 0.1) is 5.52 Å². The number of nitrogens with one attached hydrogen (secondary N) is 1. The van der Waals surface area contributed by atoms with Crippen molar-refractivity contribution in [3.05, 3.63) is 63.8 Å². The van der Waals surface area contributed by atoms with Gasteiger partial charge in [0.25, 0.3) is 0 Å². The van der Waals surface area contributed by atoms with Crippen LogP contribution in [-0.4, -0.2) is 47.0 Å². The molecule has 5 rings (SSSR count). The van der Waals surface area contributed by atoms with Gasteiger partial charge in [-0.25, -0.2) is 9.78 Å². The largest absolute Gasteiger partial charge is 0.477 e. The van der Waals surface area contributed by atoms with Crippen LogP contribution in [0.15, 0.2) is 53.7 Å². The van der Waals surface area contributed by atoms with Crippen molar-refractivity contribution in [3.8, 4) is 22.5 Å². The second-order valence-electron chi connectivity index (χ2n) is 7.70. The molecule has 0 aliphatic rings. The first kappa shape index (κ1) is 22.3. The third kappa shape index (κ3) is 4.10. The van der Waals surface area contributed by atoms with Crippen molar-refractivity contribution in [3.63, 3.8) is 0 Å². The maximum atomic E-state index is 11.9. The standard InChI is InChI=1S/C24H22N6O2S2/c1-3-33-24-25-19-14(2)34-21(23(31)32)20(19)30(24)13-12-15-8-10-16(11-9-15)17-6-4-5-7-18(17)22-26-28-29-27-22/h4-11H,3,12-13H2,1-2H3,(H,31,32)(H,26,27,28,29). The fourth-order valence-corrected chi connectivity index (χ4v) is 5.74. The molecule has 3 aromatic heterocycles. The molecule has 0 saturated carbocycles. The molecule has 8 nitrogen and oxygen atoms in total. The highest BCUT2D eigenvalue weighted by atomic mass is 32.2. The third-order valence-corrected chi connectivity index (χ3v) is 7.54. The maximum absolute atomic E-state index is 11.9. The van der Waals surface area contributed by atoms with E-state index in [1.807, 2.05) is 31.2 Å². The van der Waals surface area contributed by atoms with Crippen LogP contribution in [0.4, 0.5) is 0 Å². The summed E-state index contributed by atoms with van der Waals surface area (Å²) in [5, 5.41) is 25.0. The summed E-state index contributed by atoms with van der Waals surface area (Å²) in [4.78, 5) is 17.9. The van der Waals surface area contributed by atoms with Gasteiger partial charge in [-0.05, 0) is 41.0 Å². The van der Waals surface area contributed by atoms with Crippen molar-refractivity contribution in [2.75, 3.05) is 5.75 Å². The number of tetrazole rings is 1. The second kappa shape index (κ2) is 9.40. The molecule has 0 aliphatic carbocycles. The minimum absolute atomic E-state index is 0.358. The number of H-pyrrole nitrogens is 1. The van der Waals surface area contributed by atoms with Gasteiger partial charge < -0.3 is 9.67 Å². The Hall–Kier alpha value is -3.50. The summed E-state index contributed by atoms with van der Waals surface area (Å²) < 4.78 is 2.07. The van der Waals surface area contributed by atoms with Crippen LogP contribution in [0.1, 0.15) is 27.0 Å². The smallest absolute Gasteiger partial charge is 0.348 e. The number of fused-ring (bicyclic) bond motifs is 1. The number of carboxylic acids is 1. The Morgan fingerprint density at radius 2 is 1.91 bits per heavy atom. The van der Waals surface area contributed by atoms with Crippen LogP contribution < -0.4 is 0 Å². The number of thioether (sulfide) groups is 1. The molecule has 0 bridgehead atoms. The first-order valence-electron chi connectivity index (χ1n) is 10.8. The van der Waals surface area contributed by atoms with Crippen molar-refractivity contribution in [2.45, 2.75) is 32.0 Å². The van der Waals surface area contributed by atoms with E-state index in [1.165, 1.54) is 16.9 Å². The first-order chi connectivity index (χ1) is 16.6. The molecule has 3 heterocycles. The van der Waals surface area contributed by atoms with E-state index in [1.54, 1.807) is 11.8 Å². The Balaban J connectivity index is 1.42. The normalized spacial score (nSPS) is 11.4. The Bertz CT molecular complexity index is 1460. The molecule has 2 aromatic carbocycles. The van der Waals surface area contributed by atoms with Gasteiger partial charge in [-0.1, -0.05) is 67.2 Å². The highest BCUT2D eigenvalue weighted by Crippen LogP contribution is 2.35. The fraction of sp³-hybridized carbons (Fsp3) is 0.208. The molecule has 0 amide bonds. The van der Waals surface area contributed by atoms with E-state index in [2.05, 4.69) is 56.4 Å². The van der Waals surface area contributed by atoms with Gasteiger partial charge in [0.15, 0.2) is 5.16 Å². The first-order valence-corrected chi connectivity index (χ1v) is 12.6. The number of thiophene rings is 1. The second-order valence-corrected chi connectivity index (χ2v) is 10.2. The van der Waals surface area contributed by atoms with Gasteiger partial charge in [-0.2, -0.15) is 5.21 Å². The average molecular weight is 491 g/mol. The Labute approximate surface area is 204 Å². The Kier molecular flexibility index (Phi) is 6.16. The molecule has 2 N–H and O–H groups in total. The topological polar surface area (TPSA) is 110 Å². The van der Waals surface area contributed by atoms with E-state index in [-0.39, 0.29) is 0 Å². The van der Waals surface area contributed by atoms with Crippen molar-refractivity contribution in [1.29, 1.82) is 0 Å². The molecule has 0 fully saturated rings. The molecule has 5 aromatic rings. The van der Waals surface area contributed by atoms with Crippen LogP contribution in [0.5, 0.6) is 0 Å². The minimum Gasteiger partial charge on any atom is -0.477 e. The lowest BCUT2D eigenvalue weighted by atomic mass is 9.98. The lowest BCUT2D eigenvalue weighted by Gasteiger charge is -2.10. The van der Waals surface area contributed by atoms with Crippen LogP contribution in [0.3, 0.4) is 0 Å². The quantitative estimate of drug-likeness (QED) is 0.284. The molecule has 0 radical (unpaired) electrons. The fourth-order valence-electron chi connectivity index (χ4n) is 4.05. The number of imidazole rings is 1. The number of hydrogen-bond acceptors (Lipinski definition) is 7. The van der Waals surface area contributed by atoms with Crippen LogP contribution in [-0.2, 0) is 13.0 Å². The summed E-state index contributed by atoms with van der Waals surface area (Å²) in [6.07, 6.45) is 0.767. The number of carboxylic acid groups (broad SMARTS) is 1. The molecule has 0 atom stereocenters. The zero-order valence-corrected chi connectivity index (χ0v) is 20.3. The van der Waals surface area contributed by atoms with E-state index in [0.29, 0.717) is 17.2 Å². The van der Waals surface area contributed by atoms with Gasteiger partial charge in [0.1, 0.15) is 10.4 Å². The zero-order valence-electron chi connectivity index (χ0n) is 18.6. The SMILES string of the molecule is CCSc1nc2c(C)sc(C(=O)O)c2n1CCc1ccc(-c2ccccc2-c2nn[nH]n2)cc1. The number of aryl methyl sites for hydroxylation is 3. The number of carbonyl (C=O) groups is 1. The van der Waals surface area contributed by atoms with Crippen molar-refractivity contribution in [2.24, 2.45) is 0 Å². The summed E-state index contributed by atoms with van der Waals surface area (Å²) >= 11 is 2.94. The van der Waals surface area contributed by atoms with Gasteiger partial charge in [0.2, 0.25) is 5.82 Å². The Morgan fingerprint density at radius 3 is 2.59 bits per heavy atom. The number of hydrogen-bond donors (Lipinski definition) is 2. The molecular formula is C24H22N6O2S2. The predicted molar refractivity (Wildman–Crippen MR) is 134 cm³/mol. The van der Waals surface area contributed by atoms with Crippen molar-refractivity contribution >= 4 is 40.1 Å². The summed E-state index contributed by atoms with van der Waals surface area (Å²) in [7, 11) is 0. The lowest BCUT2D eigenvalue weighted by molar-refractivity contribution is 0.0703. The number of rotatable bonds is 8. The minimum atomic E-state index is -0.901. The van der Waals surface area contributed by atoms with Crippen LogP contribution >= 0.6 is 23.1 Å². The predicted octanol–water partition coefficient (Wildman–Crippen LogP) is 5.31. The van der Waals surface area contributed by atoms with E-state index < -0.39 is 5.97 Å². The summed E-state index contributed by atoms with van der Waals surface area (Å²) in [5.41, 5.74) is 5.72. The molecule has 0 unspecified atom stereocenters. The number of benzene rings is 2. The molecule has 10 heteroatoms. The third-order valence-electron chi connectivity index (χ3n) is 5.61. The maximum Gasteiger partial charge on any atom is 0.348 e. The van der Waals surface area contributed by atoms with Gasteiger partial charge in [-0.15, -0.1) is 21.5 Å². The summed E-state index contributed by atoms with van der Waals surface area (Å²) in [6, 6.07) is 16.4. The van der Waals surface area contributed by atoms with Crippen LogP contribution in [0, 0.1) is 6.92 Å². The summed E-state index contributed by atoms with van der Waals surface area (Å²) in [6.45, 7) is 4.67. The molecular weight excluding hydrogens is 468 g/mol. The zero-order chi connectivity index (χ0) is 23.7. The van der Waals surface area contributed by atoms with Crippen LogP contribution in [0.25, 0.3) is 33.5 Å². The molecule has 0 spiro atoms. The van der Waals surface area contributed by atoms with Gasteiger partial charge in [-0.3, -0.25) is 0 Å². The van der Waals surface area contributed by atoms with Crippen molar-refractivity contribution in [1.82, 2.24) is 30.2 Å². The molecule has 0 aliphatic heterocycles. The number of aromatic nitrogens is 6. The van der Waals surface area contributed by atoms with E-state index >= 15 is 0 Å². The van der Waals surface area contributed by atoms with Crippen LogP contribution in [0.2, 0.25) is 0 Å². The summed E-state index contributed by atoms with van der Waals surface area (Å²) in [5.74, 6) is 0.533.